The highest BCUT2D eigenvalue weighted by Crippen LogP contribution is 2.32. The molecule has 0 amide bonds. The first-order valence-electron chi connectivity index (χ1n) is 6.62. The van der Waals surface area contributed by atoms with Crippen LogP contribution in [0.25, 0.3) is 10.8 Å². The van der Waals surface area contributed by atoms with Crippen LogP contribution in [-0.2, 0) is 9.05 Å². The van der Waals surface area contributed by atoms with Gasteiger partial charge in [0.2, 0.25) is 0 Å². The van der Waals surface area contributed by atoms with Crippen molar-refractivity contribution in [3.63, 3.8) is 0 Å². The summed E-state index contributed by atoms with van der Waals surface area (Å²) >= 11 is 0. The van der Waals surface area contributed by atoms with E-state index < -0.39 is 9.05 Å². The van der Waals surface area contributed by atoms with Crippen molar-refractivity contribution in [2.75, 3.05) is 18.5 Å². The predicted molar refractivity (Wildman–Crippen MR) is 85.2 cm³/mol. The Morgan fingerprint density at radius 3 is 2.40 bits per heavy atom. The van der Waals surface area contributed by atoms with E-state index in [9.17, 15) is 8.42 Å². The molecule has 0 aliphatic rings. The number of fused-ring (bicyclic) bond motifs is 1. The first-order valence-corrected chi connectivity index (χ1v) is 8.93. The van der Waals surface area contributed by atoms with Crippen LogP contribution in [-0.4, -0.2) is 22.0 Å². The number of rotatable bonds is 5. The Morgan fingerprint density at radius 2 is 1.75 bits per heavy atom. The lowest BCUT2D eigenvalue weighted by Crippen LogP contribution is -2.18. The summed E-state index contributed by atoms with van der Waals surface area (Å²) in [6, 6.07) is 10.9. The Labute approximate surface area is 124 Å². The van der Waals surface area contributed by atoms with Crippen LogP contribution in [0.3, 0.4) is 0 Å². The van der Waals surface area contributed by atoms with Gasteiger partial charge in [-0.1, -0.05) is 37.6 Å². The average Bonchev–Trinajstić information content (AvgIpc) is 2.42. The van der Waals surface area contributed by atoms with Gasteiger partial charge in [0.25, 0.3) is 9.05 Å². The molecule has 2 aromatic rings. The second-order valence-electron chi connectivity index (χ2n) is 4.84. The number of halogens is 1. The molecule has 0 heterocycles. The average molecular weight is 312 g/mol. The minimum Gasteiger partial charge on any atom is -0.374 e. The van der Waals surface area contributed by atoms with Gasteiger partial charge in [-0.3, -0.25) is 0 Å². The number of hydrogen-bond donors (Lipinski definition) is 0. The highest BCUT2D eigenvalue weighted by molar-refractivity contribution is 8.14. The van der Waals surface area contributed by atoms with Gasteiger partial charge in [-0.2, -0.15) is 0 Å². The summed E-state index contributed by atoms with van der Waals surface area (Å²) in [6.45, 7) is 3.09. The Balaban J connectivity index is 2.59. The van der Waals surface area contributed by atoms with Crippen LogP contribution in [0.1, 0.15) is 19.8 Å². The zero-order valence-electron chi connectivity index (χ0n) is 11.6. The molecule has 0 radical (unpaired) electrons. The summed E-state index contributed by atoms with van der Waals surface area (Å²) in [4.78, 5) is 2.32. The Hall–Kier alpha value is -1.26. The number of anilines is 1. The topological polar surface area (TPSA) is 37.4 Å². The molecule has 0 bridgehead atoms. The fourth-order valence-corrected chi connectivity index (χ4v) is 3.41. The number of nitrogens with zero attached hydrogens (tertiary/aromatic N) is 1. The molecule has 108 valence electrons. The predicted octanol–water partition coefficient (Wildman–Crippen LogP) is 4.00. The minimum absolute atomic E-state index is 0.169. The minimum atomic E-state index is -3.74. The summed E-state index contributed by atoms with van der Waals surface area (Å²) in [6.07, 6.45) is 2.22. The van der Waals surface area contributed by atoms with Gasteiger partial charge in [0.05, 0.1) is 4.90 Å². The molecule has 0 aromatic heterocycles. The zero-order valence-corrected chi connectivity index (χ0v) is 13.2. The lowest BCUT2D eigenvalue weighted by atomic mass is 10.1. The Kier molecular flexibility index (Phi) is 4.55. The maximum atomic E-state index is 11.7. The summed E-state index contributed by atoms with van der Waals surface area (Å²) in [5, 5.41) is 1.58. The fourth-order valence-electron chi connectivity index (χ4n) is 2.33. The first-order chi connectivity index (χ1) is 9.45. The second-order valence-corrected chi connectivity index (χ2v) is 7.38. The maximum Gasteiger partial charge on any atom is 0.261 e. The van der Waals surface area contributed by atoms with Gasteiger partial charge in [-0.25, -0.2) is 8.42 Å². The molecule has 0 aliphatic carbocycles. The maximum absolute atomic E-state index is 11.7. The summed E-state index contributed by atoms with van der Waals surface area (Å²) in [5.41, 5.74) is 1.03. The van der Waals surface area contributed by atoms with Gasteiger partial charge >= 0.3 is 0 Å². The fraction of sp³-hybridized carbons (Fsp3) is 0.333. The molecular weight excluding hydrogens is 294 g/mol. The Morgan fingerprint density at radius 1 is 1.10 bits per heavy atom. The molecule has 5 heteroatoms. The SMILES string of the molecule is CCCCN(C)c1cccc2c(S(=O)(=O)Cl)cccc12. The van der Waals surface area contributed by atoms with Crippen LogP contribution >= 0.6 is 10.7 Å². The van der Waals surface area contributed by atoms with Gasteiger partial charge in [0.1, 0.15) is 0 Å². The molecule has 0 unspecified atom stereocenters. The molecule has 3 nitrogen and oxygen atoms in total. The summed E-state index contributed by atoms with van der Waals surface area (Å²) in [5.74, 6) is 0. The molecule has 2 aromatic carbocycles. The van der Waals surface area contributed by atoms with E-state index in [-0.39, 0.29) is 4.90 Å². The van der Waals surface area contributed by atoms with E-state index in [2.05, 4.69) is 11.8 Å². The number of benzene rings is 2. The lowest BCUT2D eigenvalue weighted by Gasteiger charge is -2.21. The summed E-state index contributed by atoms with van der Waals surface area (Å²) in [7, 11) is 3.80. The molecular formula is C15H18ClNO2S. The van der Waals surface area contributed by atoms with Gasteiger partial charge in [-0.05, 0) is 18.6 Å². The molecule has 20 heavy (non-hydrogen) atoms. The van der Waals surface area contributed by atoms with Crippen molar-refractivity contribution in [3.05, 3.63) is 36.4 Å². The monoisotopic (exact) mass is 311 g/mol. The normalized spacial score (nSPS) is 11.8. The molecule has 0 saturated carbocycles. The van der Waals surface area contributed by atoms with Crippen molar-refractivity contribution in [2.24, 2.45) is 0 Å². The molecule has 0 N–H and O–H groups in total. The van der Waals surface area contributed by atoms with Crippen molar-refractivity contribution >= 4 is 36.2 Å². The highest BCUT2D eigenvalue weighted by atomic mass is 35.7. The molecule has 0 aliphatic heterocycles. The molecule has 2 rings (SSSR count). The van der Waals surface area contributed by atoms with Crippen LogP contribution in [0.15, 0.2) is 41.3 Å². The van der Waals surface area contributed by atoms with E-state index in [0.717, 1.165) is 30.5 Å². The lowest BCUT2D eigenvalue weighted by molar-refractivity contribution is 0.610. The van der Waals surface area contributed by atoms with E-state index in [1.165, 1.54) is 0 Å². The van der Waals surface area contributed by atoms with Crippen LogP contribution in [0.2, 0.25) is 0 Å². The van der Waals surface area contributed by atoms with Crippen molar-refractivity contribution in [3.8, 4) is 0 Å². The standard InChI is InChI=1S/C15H18ClNO2S/c1-3-4-11-17(2)14-9-5-8-13-12(14)7-6-10-15(13)20(16,18)19/h5-10H,3-4,11H2,1-2H3. The van der Waals surface area contributed by atoms with E-state index in [1.54, 1.807) is 18.2 Å². The van der Waals surface area contributed by atoms with Crippen molar-refractivity contribution in [1.82, 2.24) is 0 Å². The highest BCUT2D eigenvalue weighted by Gasteiger charge is 2.15. The third-order valence-corrected chi connectivity index (χ3v) is 4.76. The van der Waals surface area contributed by atoms with Crippen LogP contribution < -0.4 is 4.90 Å². The van der Waals surface area contributed by atoms with Gasteiger partial charge in [0.15, 0.2) is 0 Å². The van der Waals surface area contributed by atoms with Crippen LogP contribution in [0.5, 0.6) is 0 Å². The largest absolute Gasteiger partial charge is 0.374 e. The third kappa shape index (κ3) is 3.07. The number of unbranched alkanes of at least 4 members (excludes halogenated alkanes) is 1. The van der Waals surface area contributed by atoms with Crippen molar-refractivity contribution < 1.29 is 8.42 Å². The van der Waals surface area contributed by atoms with E-state index in [4.69, 9.17) is 10.7 Å². The quantitative estimate of drug-likeness (QED) is 0.783. The second kappa shape index (κ2) is 6.02. The van der Waals surface area contributed by atoms with Crippen LogP contribution in [0.4, 0.5) is 5.69 Å². The molecule has 0 fully saturated rings. The van der Waals surface area contributed by atoms with E-state index >= 15 is 0 Å². The van der Waals surface area contributed by atoms with Gasteiger partial charge < -0.3 is 4.90 Å². The summed E-state index contributed by atoms with van der Waals surface area (Å²) < 4.78 is 23.3. The molecule has 0 saturated heterocycles. The number of hydrogen-bond acceptors (Lipinski definition) is 3. The van der Waals surface area contributed by atoms with Crippen molar-refractivity contribution in [2.45, 2.75) is 24.7 Å². The molecule has 0 atom stereocenters. The van der Waals surface area contributed by atoms with E-state index in [0.29, 0.717) is 5.39 Å². The van der Waals surface area contributed by atoms with E-state index in [1.807, 2.05) is 25.2 Å². The Bertz CT molecular complexity index is 713. The van der Waals surface area contributed by atoms with Gasteiger partial charge in [0, 0.05) is 40.7 Å². The smallest absolute Gasteiger partial charge is 0.261 e. The van der Waals surface area contributed by atoms with Gasteiger partial charge in [-0.15, -0.1) is 0 Å². The van der Waals surface area contributed by atoms with Crippen LogP contribution in [0, 0.1) is 0 Å². The third-order valence-electron chi connectivity index (χ3n) is 3.38. The first kappa shape index (κ1) is 15.1. The molecule has 0 spiro atoms. The zero-order chi connectivity index (χ0) is 14.8. The van der Waals surface area contributed by atoms with Crippen molar-refractivity contribution in [1.29, 1.82) is 0 Å².